The van der Waals surface area contributed by atoms with E-state index in [0.29, 0.717) is 0 Å². The molecular formula is C15H18N2O. The molecule has 0 radical (unpaired) electrons. The van der Waals surface area contributed by atoms with Crippen LogP contribution in [0.2, 0.25) is 0 Å². The van der Waals surface area contributed by atoms with E-state index < -0.39 is 0 Å². The summed E-state index contributed by atoms with van der Waals surface area (Å²) in [5.41, 5.74) is 0.759. The molecule has 94 valence electrons. The minimum atomic E-state index is 0.00563. The van der Waals surface area contributed by atoms with Crippen LogP contribution >= 0.6 is 0 Å². The van der Waals surface area contributed by atoms with Crippen molar-refractivity contribution in [2.75, 3.05) is 18.0 Å². The van der Waals surface area contributed by atoms with Crippen molar-refractivity contribution in [3.8, 4) is 0 Å². The lowest BCUT2D eigenvalue weighted by molar-refractivity contribution is 0.277. The Morgan fingerprint density at radius 1 is 1.11 bits per heavy atom. The molecule has 0 unspecified atom stereocenters. The van der Waals surface area contributed by atoms with Crippen LogP contribution in [0.25, 0.3) is 10.8 Å². The highest BCUT2D eigenvalue weighted by Crippen LogP contribution is 2.27. The summed E-state index contributed by atoms with van der Waals surface area (Å²) in [6.07, 6.45) is 3.78. The van der Waals surface area contributed by atoms with Crippen molar-refractivity contribution in [1.82, 2.24) is 4.98 Å². The molecule has 0 bridgehead atoms. The summed E-state index contributed by atoms with van der Waals surface area (Å²) in [7, 11) is 0. The molecule has 3 rings (SSSR count). The minimum absolute atomic E-state index is 0.00563. The summed E-state index contributed by atoms with van der Waals surface area (Å²) in [6, 6.07) is 10.3. The molecule has 0 aliphatic carbocycles. The molecule has 18 heavy (non-hydrogen) atoms. The van der Waals surface area contributed by atoms with Gasteiger partial charge in [0.15, 0.2) is 0 Å². The van der Waals surface area contributed by atoms with E-state index in [1.165, 1.54) is 24.6 Å². The van der Waals surface area contributed by atoms with Gasteiger partial charge in [0.1, 0.15) is 5.82 Å². The Bertz CT molecular complexity index is 547. The number of piperidine rings is 1. The highest BCUT2D eigenvalue weighted by atomic mass is 16.3. The zero-order chi connectivity index (χ0) is 12.4. The van der Waals surface area contributed by atoms with E-state index in [4.69, 9.17) is 0 Å². The van der Waals surface area contributed by atoms with Crippen LogP contribution in [0.15, 0.2) is 30.3 Å². The Labute approximate surface area is 107 Å². The smallest absolute Gasteiger partial charge is 0.136 e. The average Bonchev–Trinajstić information content (AvgIpc) is 2.47. The lowest BCUT2D eigenvalue weighted by Gasteiger charge is -2.29. The molecule has 0 spiro atoms. The fraction of sp³-hybridized carbons (Fsp3) is 0.400. The number of hydrogen-bond acceptors (Lipinski definition) is 3. The fourth-order valence-corrected chi connectivity index (χ4v) is 2.66. The van der Waals surface area contributed by atoms with Crippen molar-refractivity contribution < 1.29 is 5.11 Å². The maximum absolute atomic E-state index is 9.34. The van der Waals surface area contributed by atoms with Gasteiger partial charge in [0.2, 0.25) is 0 Å². The van der Waals surface area contributed by atoms with Gasteiger partial charge >= 0.3 is 0 Å². The number of aliphatic hydroxyl groups excluding tert-OH is 1. The molecule has 1 aliphatic heterocycles. The van der Waals surface area contributed by atoms with E-state index in [1.54, 1.807) is 0 Å². The Morgan fingerprint density at radius 2 is 1.89 bits per heavy atom. The van der Waals surface area contributed by atoms with E-state index in [-0.39, 0.29) is 6.61 Å². The van der Waals surface area contributed by atoms with E-state index >= 15 is 0 Å². The predicted molar refractivity (Wildman–Crippen MR) is 73.7 cm³/mol. The third-order valence-electron chi connectivity index (χ3n) is 3.59. The fourth-order valence-electron chi connectivity index (χ4n) is 2.66. The highest BCUT2D eigenvalue weighted by molar-refractivity contribution is 5.92. The second-order valence-corrected chi connectivity index (χ2v) is 4.86. The summed E-state index contributed by atoms with van der Waals surface area (Å²) < 4.78 is 0. The van der Waals surface area contributed by atoms with Gasteiger partial charge in [-0.15, -0.1) is 0 Å². The number of hydrogen-bond donors (Lipinski definition) is 1. The molecule has 1 aromatic carbocycles. The van der Waals surface area contributed by atoms with Gasteiger partial charge in [-0.25, -0.2) is 4.98 Å². The van der Waals surface area contributed by atoms with Crippen LogP contribution in [0, 0.1) is 0 Å². The SMILES string of the molecule is OCc1cc2ccccc2c(N2CCCCC2)n1. The molecule has 1 saturated heterocycles. The van der Waals surface area contributed by atoms with Crippen molar-refractivity contribution in [2.24, 2.45) is 0 Å². The number of benzene rings is 1. The summed E-state index contributed by atoms with van der Waals surface area (Å²) in [6.45, 7) is 2.16. The normalized spacial score (nSPS) is 16.2. The van der Waals surface area contributed by atoms with Gasteiger partial charge < -0.3 is 10.0 Å². The number of rotatable bonds is 2. The summed E-state index contributed by atoms with van der Waals surface area (Å²) in [5.74, 6) is 1.04. The van der Waals surface area contributed by atoms with Crippen LogP contribution in [0.1, 0.15) is 25.0 Å². The van der Waals surface area contributed by atoms with Crippen LogP contribution in [-0.2, 0) is 6.61 Å². The second-order valence-electron chi connectivity index (χ2n) is 4.86. The van der Waals surface area contributed by atoms with Crippen molar-refractivity contribution in [2.45, 2.75) is 25.9 Å². The molecule has 2 aromatic rings. The van der Waals surface area contributed by atoms with E-state index in [2.05, 4.69) is 28.1 Å². The molecule has 0 amide bonds. The van der Waals surface area contributed by atoms with Gasteiger partial charge in [-0.2, -0.15) is 0 Å². The van der Waals surface area contributed by atoms with Crippen LogP contribution in [0.3, 0.4) is 0 Å². The molecular weight excluding hydrogens is 224 g/mol. The van der Waals surface area contributed by atoms with Gasteiger partial charge in [-0.05, 0) is 30.7 Å². The van der Waals surface area contributed by atoms with Crippen molar-refractivity contribution in [3.05, 3.63) is 36.0 Å². The largest absolute Gasteiger partial charge is 0.390 e. The number of anilines is 1. The van der Waals surface area contributed by atoms with Gasteiger partial charge in [0.25, 0.3) is 0 Å². The molecule has 0 saturated carbocycles. The number of aliphatic hydroxyl groups is 1. The first-order valence-corrected chi connectivity index (χ1v) is 6.63. The molecule has 3 heteroatoms. The predicted octanol–water partition coefficient (Wildman–Crippen LogP) is 2.72. The Morgan fingerprint density at radius 3 is 2.67 bits per heavy atom. The first-order chi connectivity index (χ1) is 8.88. The molecule has 0 atom stereocenters. The van der Waals surface area contributed by atoms with Crippen LogP contribution < -0.4 is 4.90 Å². The topological polar surface area (TPSA) is 36.4 Å². The molecule has 2 heterocycles. The number of pyridine rings is 1. The molecule has 1 aromatic heterocycles. The zero-order valence-electron chi connectivity index (χ0n) is 10.5. The minimum Gasteiger partial charge on any atom is -0.390 e. The highest BCUT2D eigenvalue weighted by Gasteiger charge is 2.15. The van der Waals surface area contributed by atoms with Crippen molar-refractivity contribution in [1.29, 1.82) is 0 Å². The molecule has 1 fully saturated rings. The van der Waals surface area contributed by atoms with E-state index in [0.717, 1.165) is 30.0 Å². The second kappa shape index (κ2) is 4.94. The van der Waals surface area contributed by atoms with Gasteiger partial charge in [-0.3, -0.25) is 0 Å². The quantitative estimate of drug-likeness (QED) is 0.879. The maximum Gasteiger partial charge on any atom is 0.136 e. The lowest BCUT2D eigenvalue weighted by Crippen LogP contribution is -2.30. The van der Waals surface area contributed by atoms with Crippen molar-refractivity contribution >= 4 is 16.6 Å². The number of nitrogens with zero attached hydrogens (tertiary/aromatic N) is 2. The monoisotopic (exact) mass is 242 g/mol. The van der Waals surface area contributed by atoms with E-state index in [9.17, 15) is 5.11 Å². The zero-order valence-corrected chi connectivity index (χ0v) is 10.5. The van der Waals surface area contributed by atoms with Crippen LogP contribution in [0.4, 0.5) is 5.82 Å². The third kappa shape index (κ3) is 2.06. The van der Waals surface area contributed by atoms with Gasteiger partial charge in [0, 0.05) is 18.5 Å². The van der Waals surface area contributed by atoms with Crippen LogP contribution in [-0.4, -0.2) is 23.2 Å². The lowest BCUT2D eigenvalue weighted by atomic mass is 10.1. The first kappa shape index (κ1) is 11.5. The van der Waals surface area contributed by atoms with Gasteiger partial charge in [0.05, 0.1) is 12.3 Å². The first-order valence-electron chi connectivity index (χ1n) is 6.63. The summed E-state index contributed by atoms with van der Waals surface area (Å²) in [5, 5.41) is 11.7. The maximum atomic E-state index is 9.34. The van der Waals surface area contributed by atoms with Gasteiger partial charge in [-0.1, -0.05) is 24.3 Å². The Balaban J connectivity index is 2.12. The Kier molecular flexibility index (Phi) is 3.15. The van der Waals surface area contributed by atoms with E-state index in [1.807, 2.05) is 12.1 Å². The van der Waals surface area contributed by atoms with Crippen LogP contribution in [0.5, 0.6) is 0 Å². The number of fused-ring (bicyclic) bond motifs is 1. The Hall–Kier alpha value is -1.61. The number of aromatic nitrogens is 1. The molecule has 1 aliphatic rings. The third-order valence-corrected chi connectivity index (χ3v) is 3.59. The molecule has 1 N–H and O–H groups in total. The van der Waals surface area contributed by atoms with Crippen molar-refractivity contribution in [3.63, 3.8) is 0 Å². The summed E-state index contributed by atoms with van der Waals surface area (Å²) in [4.78, 5) is 6.97. The average molecular weight is 242 g/mol. The molecule has 3 nitrogen and oxygen atoms in total. The standard InChI is InChI=1S/C15H18N2O/c18-11-13-10-12-6-2-3-7-14(12)15(16-13)17-8-4-1-5-9-17/h2-3,6-7,10,18H,1,4-5,8-9,11H2. The summed E-state index contributed by atoms with van der Waals surface area (Å²) >= 11 is 0.